The van der Waals surface area contributed by atoms with Crippen molar-refractivity contribution in [3.63, 3.8) is 0 Å². The molecule has 4 rings (SSSR count). The van der Waals surface area contributed by atoms with Gasteiger partial charge in [-0.05, 0) is 128 Å². The Morgan fingerprint density at radius 2 is 1.82 bits per heavy atom. The number of allylic oxidation sites excluding steroid dienone is 3. The van der Waals surface area contributed by atoms with Crippen molar-refractivity contribution >= 4 is 18.5 Å². The number of carbonyl (C=O) groups is 3. The molecule has 4 aliphatic rings. The van der Waals surface area contributed by atoms with Gasteiger partial charge in [0.25, 0.3) is 0 Å². The van der Waals surface area contributed by atoms with Crippen LogP contribution >= 0.6 is 0 Å². The molecule has 0 saturated heterocycles. The van der Waals surface area contributed by atoms with Crippen LogP contribution in [0.15, 0.2) is 23.8 Å². The van der Waals surface area contributed by atoms with Crippen LogP contribution in [0, 0.1) is 45.3 Å². The van der Waals surface area contributed by atoms with Gasteiger partial charge in [0.15, 0.2) is 0 Å². The van der Waals surface area contributed by atoms with E-state index in [9.17, 15) is 19.5 Å². The van der Waals surface area contributed by atoms with E-state index >= 15 is 0 Å². The van der Waals surface area contributed by atoms with E-state index in [2.05, 4.69) is 33.4 Å². The van der Waals surface area contributed by atoms with Crippen molar-refractivity contribution in [1.82, 2.24) is 0 Å². The Morgan fingerprint density at radius 1 is 1.09 bits per heavy atom. The number of hydrogen-bond acceptors (Lipinski definition) is 3. The second-order valence-corrected chi connectivity index (χ2v) is 12.9. The molecule has 4 nitrogen and oxygen atoms in total. The third-order valence-corrected chi connectivity index (χ3v) is 11.9. The van der Waals surface area contributed by atoms with E-state index in [-0.39, 0.29) is 28.6 Å². The monoisotopic (exact) mass is 468 g/mol. The molecule has 4 heteroatoms. The van der Waals surface area contributed by atoms with Gasteiger partial charge >= 0.3 is 5.97 Å². The molecule has 0 radical (unpaired) electrons. The van der Waals surface area contributed by atoms with Crippen LogP contribution in [0.3, 0.4) is 0 Å². The fourth-order valence-electron chi connectivity index (χ4n) is 9.99. The van der Waals surface area contributed by atoms with Crippen molar-refractivity contribution in [3.05, 3.63) is 23.8 Å². The fourth-order valence-corrected chi connectivity index (χ4v) is 9.99. The molecule has 0 bridgehead atoms. The minimum absolute atomic E-state index is 0.0442. The van der Waals surface area contributed by atoms with E-state index in [1.54, 1.807) is 0 Å². The van der Waals surface area contributed by atoms with Crippen molar-refractivity contribution in [3.8, 4) is 0 Å². The van der Waals surface area contributed by atoms with Crippen molar-refractivity contribution < 1.29 is 19.5 Å². The smallest absolute Gasteiger partial charge is 0.303 e. The van der Waals surface area contributed by atoms with Gasteiger partial charge in [-0.3, -0.25) is 14.4 Å². The number of aldehydes is 2. The highest BCUT2D eigenvalue weighted by molar-refractivity contribution is 5.74. The van der Waals surface area contributed by atoms with Crippen LogP contribution in [0.4, 0.5) is 0 Å². The first kappa shape index (κ1) is 25.4. The molecule has 4 aliphatic carbocycles. The van der Waals surface area contributed by atoms with Gasteiger partial charge in [0.2, 0.25) is 0 Å². The Hall–Kier alpha value is -1.71. The molecule has 188 valence electrons. The Kier molecular flexibility index (Phi) is 6.53. The zero-order valence-corrected chi connectivity index (χ0v) is 21.7. The Balaban J connectivity index is 1.59. The molecule has 8 atom stereocenters. The maximum atomic E-state index is 11.7. The Morgan fingerprint density at radius 3 is 2.47 bits per heavy atom. The highest BCUT2D eigenvalue weighted by atomic mass is 16.4. The number of carboxylic acid groups (broad SMARTS) is 1. The molecule has 4 saturated carbocycles. The number of carbonyl (C=O) groups excluding carboxylic acids is 2. The van der Waals surface area contributed by atoms with Gasteiger partial charge in [0, 0.05) is 6.42 Å². The third kappa shape index (κ3) is 3.49. The van der Waals surface area contributed by atoms with Crippen LogP contribution < -0.4 is 0 Å². The van der Waals surface area contributed by atoms with Crippen molar-refractivity contribution in [2.45, 2.75) is 98.3 Å². The van der Waals surface area contributed by atoms with Gasteiger partial charge < -0.3 is 5.11 Å². The molecule has 0 aromatic rings. The molecule has 34 heavy (non-hydrogen) atoms. The lowest BCUT2D eigenvalue weighted by molar-refractivity contribution is -0.139. The van der Waals surface area contributed by atoms with E-state index in [1.165, 1.54) is 25.7 Å². The van der Waals surface area contributed by atoms with Crippen LogP contribution in [0.1, 0.15) is 98.3 Å². The largest absolute Gasteiger partial charge is 0.481 e. The van der Waals surface area contributed by atoms with E-state index < -0.39 is 5.97 Å². The first-order valence-corrected chi connectivity index (χ1v) is 13.5. The summed E-state index contributed by atoms with van der Waals surface area (Å²) in [5, 5.41) is 9.50. The minimum Gasteiger partial charge on any atom is -0.481 e. The molecule has 0 aromatic carbocycles. The summed E-state index contributed by atoms with van der Waals surface area (Å²) in [6.45, 7) is 13.5. The van der Waals surface area contributed by atoms with Gasteiger partial charge in [0.05, 0.1) is 0 Å². The molecule has 8 unspecified atom stereocenters. The summed E-state index contributed by atoms with van der Waals surface area (Å²) in [5.74, 6) is 1.35. The summed E-state index contributed by atoms with van der Waals surface area (Å²) < 4.78 is 0. The average molecular weight is 469 g/mol. The topological polar surface area (TPSA) is 71.4 Å². The number of fused-ring (bicyclic) bond motifs is 2. The maximum absolute atomic E-state index is 11.7. The van der Waals surface area contributed by atoms with E-state index in [0.717, 1.165) is 50.2 Å². The van der Waals surface area contributed by atoms with E-state index in [0.29, 0.717) is 35.2 Å². The maximum Gasteiger partial charge on any atom is 0.303 e. The van der Waals surface area contributed by atoms with Crippen LogP contribution in [0.25, 0.3) is 0 Å². The molecule has 0 aliphatic heterocycles. The molecular weight excluding hydrogens is 424 g/mol. The molecule has 1 N–H and O–H groups in total. The minimum atomic E-state index is -0.727. The van der Waals surface area contributed by atoms with E-state index in [4.69, 9.17) is 0 Å². The molecule has 0 aromatic heterocycles. The number of hydrogen-bond donors (Lipinski definition) is 1. The molecule has 4 fully saturated rings. The number of carboxylic acids is 1. The summed E-state index contributed by atoms with van der Waals surface area (Å²) >= 11 is 0. The molecule has 0 heterocycles. The lowest BCUT2D eigenvalue weighted by Crippen LogP contribution is -2.54. The van der Waals surface area contributed by atoms with Gasteiger partial charge in [0.1, 0.15) is 12.6 Å². The van der Waals surface area contributed by atoms with Gasteiger partial charge in [-0.25, -0.2) is 0 Å². The summed E-state index contributed by atoms with van der Waals surface area (Å²) in [5.41, 5.74) is 2.22. The second-order valence-electron chi connectivity index (χ2n) is 12.9. The Bertz CT molecular complexity index is 903. The highest BCUT2D eigenvalue weighted by Gasteiger charge is 2.80. The Labute approximate surface area is 205 Å². The summed E-state index contributed by atoms with van der Waals surface area (Å²) in [6.07, 6.45) is 15.0. The first-order chi connectivity index (χ1) is 16.0. The second kappa shape index (κ2) is 8.75. The zero-order chi connectivity index (χ0) is 24.9. The predicted octanol–water partition coefficient (Wildman–Crippen LogP) is 6.79. The normalized spacial score (nSPS) is 43.8. The summed E-state index contributed by atoms with van der Waals surface area (Å²) in [7, 11) is 0. The van der Waals surface area contributed by atoms with Crippen LogP contribution in [0.2, 0.25) is 0 Å². The van der Waals surface area contributed by atoms with Gasteiger partial charge in [-0.2, -0.15) is 0 Å². The van der Waals surface area contributed by atoms with Crippen molar-refractivity contribution in [2.75, 3.05) is 0 Å². The number of aliphatic carboxylic acids is 1. The molecular formula is C30H44O4. The highest BCUT2D eigenvalue weighted by Crippen LogP contribution is 2.87. The van der Waals surface area contributed by atoms with Gasteiger partial charge in [-0.15, -0.1) is 0 Å². The lowest BCUT2D eigenvalue weighted by Gasteiger charge is -2.61. The SMILES string of the molecule is C=C(C=O)C1CCC2C3(C)CCC(C(C)CCC=C(C)C=O)C3(C)CCC23CC13CCC(=O)O. The quantitative estimate of drug-likeness (QED) is 0.283. The first-order valence-electron chi connectivity index (χ1n) is 13.5. The summed E-state index contributed by atoms with van der Waals surface area (Å²) in [6, 6.07) is 0. The predicted molar refractivity (Wildman–Crippen MR) is 134 cm³/mol. The zero-order valence-electron chi connectivity index (χ0n) is 21.7. The average Bonchev–Trinajstić information content (AvgIpc) is 3.40. The van der Waals surface area contributed by atoms with Crippen LogP contribution in [0.5, 0.6) is 0 Å². The number of rotatable bonds is 10. The van der Waals surface area contributed by atoms with Crippen LogP contribution in [-0.4, -0.2) is 23.6 Å². The molecule has 0 amide bonds. The van der Waals surface area contributed by atoms with Crippen molar-refractivity contribution in [2.24, 2.45) is 45.3 Å². The fraction of sp³-hybridized carbons (Fsp3) is 0.767. The van der Waals surface area contributed by atoms with Gasteiger partial charge in [-0.1, -0.05) is 33.4 Å². The standard InChI is InChI=1S/C30H44O4/c1-20(17-31)7-6-8-21(2)23-11-13-28(5)25-10-9-24(22(3)18-32)29(14-12-26(33)34)19-30(25,29)16-15-27(23,28)4/h7,17-18,21,23-25H,3,6,8-16,19H2,1-2,4-5H3,(H,33,34). The lowest BCUT2D eigenvalue weighted by atomic mass is 9.43. The summed E-state index contributed by atoms with van der Waals surface area (Å²) in [4.78, 5) is 34.2. The van der Waals surface area contributed by atoms with Crippen molar-refractivity contribution in [1.29, 1.82) is 0 Å². The third-order valence-electron chi connectivity index (χ3n) is 11.9. The van der Waals surface area contributed by atoms with Crippen LogP contribution in [-0.2, 0) is 14.4 Å². The molecule has 1 spiro atoms. The van der Waals surface area contributed by atoms with E-state index in [1.807, 2.05) is 6.92 Å².